The van der Waals surface area contributed by atoms with Crippen molar-refractivity contribution in [3.8, 4) is 0 Å². The van der Waals surface area contributed by atoms with Crippen molar-refractivity contribution in [1.29, 1.82) is 0 Å². The average Bonchev–Trinajstić information content (AvgIpc) is 3.15. The Balaban J connectivity index is 1.65. The first-order valence-electron chi connectivity index (χ1n) is 12.7. The van der Waals surface area contributed by atoms with Crippen molar-refractivity contribution in [3.05, 3.63) is 0 Å². The molecule has 6 aliphatic rings. The second-order valence-electron chi connectivity index (χ2n) is 12.1. The van der Waals surface area contributed by atoms with Gasteiger partial charge in [0.1, 0.15) is 12.1 Å². The number of fused-ring (bicyclic) bond motifs is 2. The van der Waals surface area contributed by atoms with E-state index in [1.807, 2.05) is 0 Å². The monoisotopic (exact) mass is 450 g/mol. The topological polar surface area (TPSA) is 89.7 Å². The number of aliphatic hydroxyl groups is 2. The van der Waals surface area contributed by atoms with Gasteiger partial charge in [-0.15, -0.1) is 0 Å². The van der Waals surface area contributed by atoms with Crippen molar-refractivity contribution in [3.63, 3.8) is 0 Å². The Bertz CT molecular complexity index is 822. The molecule has 1 spiro atoms. The van der Waals surface area contributed by atoms with E-state index in [9.17, 15) is 15.0 Å². The Kier molecular flexibility index (Phi) is 4.55. The van der Waals surface area contributed by atoms with Crippen LogP contribution in [0.2, 0.25) is 0 Å². The number of esters is 1. The Morgan fingerprint density at radius 1 is 1.22 bits per heavy atom. The predicted molar refractivity (Wildman–Crippen MR) is 115 cm³/mol. The highest BCUT2D eigenvalue weighted by Crippen LogP contribution is 2.77. The molecular formula is C25H40NO6+. The molecule has 14 atom stereocenters. The summed E-state index contributed by atoms with van der Waals surface area (Å²) in [6.45, 7) is 8.12. The van der Waals surface area contributed by atoms with Gasteiger partial charge in [0.15, 0.2) is 0 Å². The van der Waals surface area contributed by atoms with Crippen molar-refractivity contribution in [1.82, 2.24) is 0 Å². The zero-order chi connectivity index (χ0) is 22.8. The molecule has 7 nitrogen and oxygen atoms in total. The number of aliphatic hydroxyl groups excluding tert-OH is 2. The molecule has 1 aliphatic heterocycles. The summed E-state index contributed by atoms with van der Waals surface area (Å²) in [5, 5.41) is 23.5. The van der Waals surface area contributed by atoms with Crippen LogP contribution in [-0.4, -0.2) is 79.6 Å². The normalized spacial score (nSPS) is 61.5. The molecule has 0 radical (unpaired) electrons. The smallest absolute Gasteiger partial charge is 0.302 e. The number of piperidine rings is 1. The van der Waals surface area contributed by atoms with Gasteiger partial charge in [-0.2, -0.15) is 0 Å². The number of hydrogen-bond acceptors (Lipinski definition) is 6. The van der Waals surface area contributed by atoms with Crippen molar-refractivity contribution in [2.75, 3.05) is 27.3 Å². The first-order chi connectivity index (χ1) is 15.2. The number of rotatable bonds is 4. The molecule has 0 amide bonds. The fourth-order valence-corrected chi connectivity index (χ4v) is 11.0. The van der Waals surface area contributed by atoms with Crippen LogP contribution in [-0.2, 0) is 19.0 Å². The summed E-state index contributed by atoms with van der Waals surface area (Å²) in [5.41, 5.74) is -0.976. The zero-order valence-corrected chi connectivity index (χ0v) is 20.0. The maximum atomic E-state index is 12.5. The van der Waals surface area contributed by atoms with Crippen LogP contribution in [0.4, 0.5) is 0 Å². The third-order valence-corrected chi connectivity index (χ3v) is 11.5. The van der Waals surface area contributed by atoms with Gasteiger partial charge >= 0.3 is 5.97 Å². The molecule has 32 heavy (non-hydrogen) atoms. The number of carbonyl (C=O) groups is 1. The van der Waals surface area contributed by atoms with Crippen molar-refractivity contribution in [2.45, 2.75) is 82.5 Å². The molecule has 5 aliphatic carbocycles. The minimum atomic E-state index is -0.615. The van der Waals surface area contributed by atoms with Gasteiger partial charge in [0.05, 0.1) is 48.3 Å². The van der Waals surface area contributed by atoms with Crippen molar-refractivity contribution >= 4 is 5.97 Å². The molecule has 180 valence electrons. The lowest BCUT2D eigenvalue weighted by Gasteiger charge is -2.66. The van der Waals surface area contributed by atoms with Gasteiger partial charge in [-0.25, -0.2) is 0 Å². The third kappa shape index (κ3) is 2.15. The SMILES string of the molecule is CC[NH+]1CC2(C)CCC(O)C34C5CC6C(OC)CC(OC)(C5C6O)C(C(OC(C)=O)C23)C14. The third-order valence-electron chi connectivity index (χ3n) is 11.5. The highest BCUT2D eigenvalue weighted by molar-refractivity contribution is 5.66. The van der Waals surface area contributed by atoms with Crippen LogP contribution in [0.1, 0.15) is 46.5 Å². The molecule has 14 unspecified atom stereocenters. The van der Waals surface area contributed by atoms with E-state index in [4.69, 9.17) is 14.2 Å². The van der Waals surface area contributed by atoms with Gasteiger partial charge in [0.25, 0.3) is 0 Å². The van der Waals surface area contributed by atoms with E-state index in [-0.39, 0.29) is 64.6 Å². The molecule has 3 N–H and O–H groups in total. The van der Waals surface area contributed by atoms with Crippen molar-refractivity contribution in [2.24, 2.45) is 40.4 Å². The maximum Gasteiger partial charge on any atom is 0.302 e. The lowest BCUT2D eigenvalue weighted by Crippen LogP contribution is -3.21. The minimum Gasteiger partial charge on any atom is -0.462 e. The predicted octanol–water partition coefficient (Wildman–Crippen LogP) is 0.0292. The van der Waals surface area contributed by atoms with E-state index in [1.165, 1.54) is 11.8 Å². The van der Waals surface area contributed by atoms with Crippen LogP contribution < -0.4 is 4.90 Å². The lowest BCUT2D eigenvalue weighted by molar-refractivity contribution is -0.952. The summed E-state index contributed by atoms with van der Waals surface area (Å²) in [4.78, 5) is 14.0. The molecule has 5 saturated carbocycles. The maximum absolute atomic E-state index is 12.5. The highest BCUT2D eigenvalue weighted by atomic mass is 16.6. The zero-order valence-electron chi connectivity index (χ0n) is 20.0. The van der Waals surface area contributed by atoms with Crippen LogP contribution in [0.5, 0.6) is 0 Å². The summed E-state index contributed by atoms with van der Waals surface area (Å²) < 4.78 is 18.7. The van der Waals surface area contributed by atoms with Crippen LogP contribution in [0.25, 0.3) is 0 Å². The second kappa shape index (κ2) is 6.69. The van der Waals surface area contributed by atoms with Gasteiger partial charge in [0, 0.05) is 50.7 Å². The average molecular weight is 451 g/mol. The summed E-state index contributed by atoms with van der Waals surface area (Å²) in [5.74, 6) is -0.0496. The number of ether oxygens (including phenoxy) is 3. The Morgan fingerprint density at radius 3 is 2.59 bits per heavy atom. The van der Waals surface area contributed by atoms with Crippen molar-refractivity contribution < 1.29 is 34.1 Å². The lowest BCUT2D eigenvalue weighted by atomic mass is 9.43. The van der Waals surface area contributed by atoms with E-state index in [2.05, 4.69) is 13.8 Å². The number of quaternary nitrogens is 1. The van der Waals surface area contributed by atoms with Crippen LogP contribution in [0, 0.1) is 40.4 Å². The molecule has 1 heterocycles. The van der Waals surface area contributed by atoms with E-state index in [0.29, 0.717) is 6.42 Å². The summed E-state index contributed by atoms with van der Waals surface area (Å²) in [6, 6.07) is 0.160. The number of nitrogens with one attached hydrogen (secondary N) is 1. The number of hydrogen-bond donors (Lipinski definition) is 3. The molecule has 7 bridgehead atoms. The second-order valence-corrected chi connectivity index (χ2v) is 12.1. The molecular weight excluding hydrogens is 410 g/mol. The van der Waals surface area contributed by atoms with Gasteiger partial charge in [-0.05, 0) is 32.1 Å². The molecule has 6 fully saturated rings. The molecule has 1 saturated heterocycles. The van der Waals surface area contributed by atoms with Crippen LogP contribution in [0.3, 0.4) is 0 Å². The molecule has 6 rings (SSSR count). The number of carbonyl (C=O) groups excluding carboxylic acids is 1. The quantitative estimate of drug-likeness (QED) is 0.524. The fraction of sp³-hybridized carbons (Fsp3) is 0.960. The molecule has 0 aromatic rings. The first-order valence-corrected chi connectivity index (χ1v) is 12.7. The Labute approximate surface area is 190 Å². The Hall–Kier alpha value is -0.730. The van der Waals surface area contributed by atoms with E-state index in [0.717, 1.165) is 32.4 Å². The van der Waals surface area contributed by atoms with E-state index < -0.39 is 17.8 Å². The fourth-order valence-electron chi connectivity index (χ4n) is 11.0. The largest absolute Gasteiger partial charge is 0.462 e. The van der Waals surface area contributed by atoms with Gasteiger partial charge in [0.2, 0.25) is 0 Å². The minimum absolute atomic E-state index is 0.00674. The van der Waals surface area contributed by atoms with Crippen LogP contribution in [0.15, 0.2) is 0 Å². The number of likely N-dealkylation sites (tertiary alicyclic amines) is 1. The molecule has 7 heteroatoms. The van der Waals surface area contributed by atoms with Crippen LogP contribution >= 0.6 is 0 Å². The standard InChI is InChI=1S/C25H39NO6/c1-6-26-11-23(3)8-7-16(28)25-14-9-13-15(30-4)10-24(31-5,17(14)19(13)29)18(22(25)26)20(21(23)25)32-12(2)27/h13-22,28-29H,6-11H2,1-5H3/p+1. The van der Waals surface area contributed by atoms with E-state index in [1.54, 1.807) is 14.2 Å². The van der Waals surface area contributed by atoms with Gasteiger partial charge in [-0.1, -0.05) is 6.92 Å². The summed E-state index contributed by atoms with van der Waals surface area (Å²) in [6.07, 6.45) is 1.97. The van der Waals surface area contributed by atoms with Gasteiger partial charge < -0.3 is 29.3 Å². The van der Waals surface area contributed by atoms with E-state index >= 15 is 0 Å². The molecule has 0 aromatic heterocycles. The Morgan fingerprint density at radius 2 is 1.97 bits per heavy atom. The summed E-state index contributed by atoms with van der Waals surface area (Å²) >= 11 is 0. The summed E-state index contributed by atoms with van der Waals surface area (Å²) in [7, 11) is 3.51. The molecule has 0 aromatic carbocycles. The first kappa shape index (κ1) is 21.8. The number of methoxy groups -OCH3 is 2. The highest BCUT2D eigenvalue weighted by Gasteiger charge is 2.88. The van der Waals surface area contributed by atoms with Gasteiger partial charge in [-0.3, -0.25) is 4.79 Å².